The highest BCUT2D eigenvalue weighted by Crippen LogP contribution is 2.33. The normalized spacial score (nSPS) is 17.8. The fraction of sp³-hybridized carbons (Fsp3) is 0.0847. The van der Waals surface area contributed by atoms with Crippen LogP contribution in [0.3, 0.4) is 0 Å². The summed E-state index contributed by atoms with van der Waals surface area (Å²) in [6, 6.07) is 65.1. The Hall–Kier alpha value is -7.50. The van der Waals surface area contributed by atoms with Gasteiger partial charge in [-0.3, -0.25) is 5.32 Å². The Morgan fingerprint density at radius 3 is 1.60 bits per heavy atom. The van der Waals surface area contributed by atoms with Crippen LogP contribution in [-0.4, -0.2) is 19.1 Å². The van der Waals surface area contributed by atoms with Crippen molar-refractivity contribution in [2.75, 3.05) is 7.05 Å². The van der Waals surface area contributed by atoms with Gasteiger partial charge in [-0.05, 0) is 91.0 Å². The standard InChI is InChI=1S/C59H52N4/c1-4-53-55(5-2)62-59(50-37-35-49(36-38-50)48-33-29-46(30-34-48)43-17-10-7-11-18-43)63-58(53)52-20-14-19-51(39-52)57(54-21-12-13-22-56(54)60-3)61-40-41-23-25-44(26-24-41)47-31-27-45(28-32-47)42-15-8-6-9-16-42/h4-39,55-56,59-63H,1-2,40H2,3H3/b57-54-. The molecular weight excluding hydrogens is 765 g/mol. The Balaban J connectivity index is 0.962. The van der Waals surface area contributed by atoms with Crippen molar-refractivity contribution in [3.8, 4) is 44.5 Å². The average molecular weight is 817 g/mol. The lowest BCUT2D eigenvalue weighted by molar-refractivity contribution is 0.461. The molecule has 4 heteroatoms. The van der Waals surface area contributed by atoms with E-state index < -0.39 is 0 Å². The first kappa shape index (κ1) is 40.9. The van der Waals surface area contributed by atoms with E-state index in [4.69, 9.17) is 0 Å². The summed E-state index contributed by atoms with van der Waals surface area (Å²) in [7, 11) is 2.01. The molecule has 1 heterocycles. The summed E-state index contributed by atoms with van der Waals surface area (Å²) >= 11 is 0. The number of hydrogen-bond acceptors (Lipinski definition) is 4. The zero-order chi connectivity index (χ0) is 43.0. The molecule has 0 spiro atoms. The van der Waals surface area contributed by atoms with Crippen LogP contribution in [0.2, 0.25) is 0 Å². The minimum Gasteiger partial charge on any atom is -0.380 e. The molecule has 7 aromatic rings. The fourth-order valence-corrected chi connectivity index (χ4v) is 8.63. The van der Waals surface area contributed by atoms with Gasteiger partial charge in [0.05, 0.1) is 12.1 Å². The number of likely N-dealkylation sites (N-methyl/N-ethyl adjacent to an activating group) is 1. The van der Waals surface area contributed by atoms with Crippen molar-refractivity contribution in [3.05, 3.63) is 265 Å². The van der Waals surface area contributed by atoms with Gasteiger partial charge in [0.1, 0.15) is 6.17 Å². The number of hydrogen-bond donors (Lipinski definition) is 4. The summed E-state index contributed by atoms with van der Waals surface area (Å²) in [6.45, 7) is 9.14. The lowest BCUT2D eigenvalue weighted by Crippen LogP contribution is -2.45. The number of rotatable bonds is 13. The highest BCUT2D eigenvalue weighted by atomic mass is 15.2. The minimum atomic E-state index is -0.148. The molecule has 63 heavy (non-hydrogen) atoms. The molecule has 0 saturated heterocycles. The van der Waals surface area contributed by atoms with E-state index in [1.165, 1.54) is 55.6 Å². The summed E-state index contributed by atoms with van der Waals surface area (Å²) in [5.41, 5.74) is 18.5. The van der Waals surface area contributed by atoms with Gasteiger partial charge in [0.25, 0.3) is 0 Å². The van der Waals surface area contributed by atoms with Gasteiger partial charge in [-0.2, -0.15) is 0 Å². The van der Waals surface area contributed by atoms with Gasteiger partial charge in [-0.25, -0.2) is 0 Å². The van der Waals surface area contributed by atoms with Crippen molar-refractivity contribution < 1.29 is 0 Å². The second-order valence-electron chi connectivity index (χ2n) is 16.0. The van der Waals surface area contributed by atoms with Crippen LogP contribution in [0.1, 0.15) is 28.4 Å². The summed E-state index contributed by atoms with van der Waals surface area (Å²) in [5.74, 6) is 0. The second kappa shape index (κ2) is 19.0. The summed E-state index contributed by atoms with van der Waals surface area (Å²) in [4.78, 5) is 0. The van der Waals surface area contributed by atoms with Crippen molar-refractivity contribution >= 4 is 11.4 Å². The van der Waals surface area contributed by atoms with Gasteiger partial charge in [-0.1, -0.05) is 219 Å². The molecule has 2 aliphatic rings. The molecule has 4 nitrogen and oxygen atoms in total. The molecule has 0 bridgehead atoms. The first-order chi connectivity index (χ1) is 31.1. The summed E-state index contributed by atoms with van der Waals surface area (Å²) in [6.07, 6.45) is 12.4. The summed E-state index contributed by atoms with van der Waals surface area (Å²) < 4.78 is 0. The second-order valence-corrected chi connectivity index (χ2v) is 16.0. The lowest BCUT2D eigenvalue weighted by atomic mass is 9.92. The Morgan fingerprint density at radius 2 is 1.08 bits per heavy atom. The Bertz CT molecular complexity index is 2810. The zero-order valence-corrected chi connectivity index (χ0v) is 35.6. The Kier molecular flexibility index (Phi) is 12.4. The maximum Gasteiger partial charge on any atom is 0.104 e. The molecule has 308 valence electrons. The molecule has 3 atom stereocenters. The van der Waals surface area contributed by atoms with Gasteiger partial charge in [0.2, 0.25) is 0 Å². The van der Waals surface area contributed by atoms with Gasteiger partial charge >= 0.3 is 0 Å². The van der Waals surface area contributed by atoms with Gasteiger partial charge in [0.15, 0.2) is 0 Å². The minimum absolute atomic E-state index is 0.0571. The van der Waals surface area contributed by atoms with Crippen molar-refractivity contribution in [1.82, 2.24) is 21.3 Å². The van der Waals surface area contributed by atoms with Crippen molar-refractivity contribution in [2.45, 2.75) is 24.8 Å². The molecule has 0 radical (unpaired) electrons. The van der Waals surface area contributed by atoms with E-state index >= 15 is 0 Å². The van der Waals surface area contributed by atoms with Crippen LogP contribution in [-0.2, 0) is 6.54 Å². The van der Waals surface area contributed by atoms with Crippen molar-refractivity contribution in [1.29, 1.82) is 0 Å². The Morgan fingerprint density at radius 1 is 0.571 bits per heavy atom. The zero-order valence-electron chi connectivity index (χ0n) is 35.6. The van der Waals surface area contributed by atoms with E-state index in [0.29, 0.717) is 6.54 Å². The van der Waals surface area contributed by atoms with Gasteiger partial charge in [0, 0.05) is 17.9 Å². The SMILES string of the molecule is C=CC1=C(c2cccc(/C(NCc3ccc(-c4ccc(-c5ccccc5)cc4)cc3)=C3\C=CC=CC3NC)c2)NC(c2ccc(-c3ccc(-c4ccccc4)cc3)cc2)NC1C=C. The molecular formula is C59H52N4. The van der Waals surface area contributed by atoms with Crippen molar-refractivity contribution in [3.63, 3.8) is 0 Å². The maximum absolute atomic E-state index is 4.25. The third kappa shape index (κ3) is 9.10. The third-order valence-corrected chi connectivity index (χ3v) is 12.1. The number of benzene rings is 7. The van der Waals surface area contributed by atoms with Crippen LogP contribution in [0, 0.1) is 0 Å². The predicted molar refractivity (Wildman–Crippen MR) is 266 cm³/mol. The van der Waals surface area contributed by atoms with E-state index in [0.717, 1.165) is 33.7 Å². The summed E-state index contributed by atoms with van der Waals surface area (Å²) in [5, 5.41) is 15.0. The molecule has 0 aromatic heterocycles. The largest absolute Gasteiger partial charge is 0.380 e. The smallest absolute Gasteiger partial charge is 0.104 e. The van der Waals surface area contributed by atoms with E-state index in [2.05, 4.69) is 241 Å². The highest BCUT2D eigenvalue weighted by Gasteiger charge is 2.27. The molecule has 0 saturated carbocycles. The molecule has 0 amide bonds. The molecule has 4 N–H and O–H groups in total. The van der Waals surface area contributed by atoms with Crippen LogP contribution >= 0.6 is 0 Å². The number of allylic oxidation sites excluding steroid dienone is 2. The monoisotopic (exact) mass is 816 g/mol. The lowest BCUT2D eigenvalue weighted by Gasteiger charge is -2.35. The molecule has 3 unspecified atom stereocenters. The molecule has 1 aliphatic heterocycles. The van der Waals surface area contributed by atoms with Crippen LogP contribution in [0.5, 0.6) is 0 Å². The fourth-order valence-electron chi connectivity index (χ4n) is 8.63. The highest BCUT2D eigenvalue weighted by molar-refractivity contribution is 5.79. The van der Waals surface area contributed by atoms with Crippen LogP contribution in [0.25, 0.3) is 55.9 Å². The van der Waals surface area contributed by atoms with Crippen molar-refractivity contribution in [2.24, 2.45) is 0 Å². The van der Waals surface area contributed by atoms with Crippen LogP contribution < -0.4 is 21.3 Å². The molecule has 0 fully saturated rings. The van der Waals surface area contributed by atoms with Crippen LogP contribution in [0.15, 0.2) is 243 Å². The van der Waals surface area contributed by atoms with E-state index in [1.807, 2.05) is 19.2 Å². The first-order valence-corrected chi connectivity index (χ1v) is 21.7. The maximum atomic E-state index is 4.25. The van der Waals surface area contributed by atoms with E-state index in [9.17, 15) is 0 Å². The predicted octanol–water partition coefficient (Wildman–Crippen LogP) is 12.9. The first-order valence-electron chi connectivity index (χ1n) is 21.7. The van der Waals surface area contributed by atoms with E-state index in [1.54, 1.807) is 0 Å². The Labute approximate surface area is 372 Å². The molecule has 9 rings (SSSR count). The third-order valence-electron chi connectivity index (χ3n) is 12.1. The van der Waals surface area contributed by atoms with Gasteiger partial charge in [-0.15, -0.1) is 6.58 Å². The molecule has 1 aliphatic carbocycles. The average Bonchev–Trinajstić information content (AvgIpc) is 3.37. The number of nitrogens with one attached hydrogen (secondary N) is 4. The quantitative estimate of drug-likeness (QED) is 0.0876. The van der Waals surface area contributed by atoms with Crippen LogP contribution in [0.4, 0.5) is 0 Å². The van der Waals surface area contributed by atoms with Gasteiger partial charge < -0.3 is 16.0 Å². The van der Waals surface area contributed by atoms with E-state index in [-0.39, 0.29) is 18.2 Å². The topological polar surface area (TPSA) is 48.1 Å². The molecule has 7 aromatic carbocycles.